The summed E-state index contributed by atoms with van der Waals surface area (Å²) >= 11 is 0. The molecule has 1 heterocycles. The topological polar surface area (TPSA) is 65.9 Å². The Morgan fingerprint density at radius 2 is 1.83 bits per heavy atom. The van der Waals surface area contributed by atoms with Crippen LogP contribution in [-0.4, -0.2) is 4.98 Å². The van der Waals surface area contributed by atoms with E-state index in [0.29, 0.717) is 22.8 Å². The second kappa shape index (κ2) is 6.39. The van der Waals surface area contributed by atoms with Crippen LogP contribution in [0.25, 0.3) is 11.1 Å². The molecule has 118 valence electrons. The van der Waals surface area contributed by atoms with Gasteiger partial charge in [0.2, 0.25) is 0 Å². The van der Waals surface area contributed by atoms with Gasteiger partial charge < -0.3 is 9.72 Å². The minimum Gasteiger partial charge on any atom is -0.457 e. The Morgan fingerprint density at radius 1 is 1.08 bits per heavy atom. The molecule has 1 aromatic heterocycles. The van der Waals surface area contributed by atoms with Crippen molar-refractivity contribution in [1.29, 1.82) is 5.26 Å². The number of benzene rings is 2. The molecule has 3 aromatic rings. The number of nitrogens with zero attached hydrogens (tertiary/aromatic N) is 1. The van der Waals surface area contributed by atoms with Crippen LogP contribution in [0.1, 0.15) is 11.3 Å². The molecule has 0 radical (unpaired) electrons. The molecule has 0 saturated heterocycles. The third-order valence-electron chi connectivity index (χ3n) is 3.48. The van der Waals surface area contributed by atoms with E-state index in [4.69, 9.17) is 4.74 Å². The SMILES string of the molecule is Cc1cc(-c2ccc(Oc3cccc(F)c3)cc2)c(C#N)c(=O)[nH]1. The number of nitriles is 1. The number of rotatable bonds is 3. The van der Waals surface area contributed by atoms with Crippen LogP contribution in [0.15, 0.2) is 59.4 Å². The molecule has 0 aliphatic rings. The van der Waals surface area contributed by atoms with Gasteiger partial charge in [-0.15, -0.1) is 0 Å². The third kappa shape index (κ3) is 3.18. The zero-order valence-electron chi connectivity index (χ0n) is 12.8. The quantitative estimate of drug-likeness (QED) is 0.788. The lowest BCUT2D eigenvalue weighted by Gasteiger charge is -2.08. The van der Waals surface area contributed by atoms with Crippen LogP contribution in [-0.2, 0) is 0 Å². The van der Waals surface area contributed by atoms with Crippen LogP contribution in [0.2, 0.25) is 0 Å². The summed E-state index contributed by atoms with van der Waals surface area (Å²) in [6, 6.07) is 16.5. The molecule has 0 aliphatic heterocycles. The van der Waals surface area contributed by atoms with E-state index in [0.717, 1.165) is 5.56 Å². The summed E-state index contributed by atoms with van der Waals surface area (Å²) in [6.07, 6.45) is 0. The van der Waals surface area contributed by atoms with E-state index in [1.54, 1.807) is 49.4 Å². The van der Waals surface area contributed by atoms with Gasteiger partial charge in [0.05, 0.1) is 0 Å². The molecule has 4 nitrogen and oxygen atoms in total. The second-order valence-electron chi connectivity index (χ2n) is 5.27. The van der Waals surface area contributed by atoms with Crippen LogP contribution >= 0.6 is 0 Å². The molecule has 0 aliphatic carbocycles. The molecule has 0 spiro atoms. The number of hydrogen-bond donors (Lipinski definition) is 1. The number of aromatic amines is 1. The van der Waals surface area contributed by atoms with E-state index in [9.17, 15) is 14.4 Å². The Morgan fingerprint density at radius 3 is 2.50 bits per heavy atom. The smallest absolute Gasteiger partial charge is 0.266 e. The number of pyridine rings is 1. The Labute approximate surface area is 137 Å². The van der Waals surface area contributed by atoms with E-state index in [1.807, 2.05) is 6.07 Å². The Kier molecular flexibility index (Phi) is 4.13. The number of hydrogen-bond acceptors (Lipinski definition) is 3. The molecule has 5 heteroatoms. The highest BCUT2D eigenvalue weighted by atomic mass is 19.1. The maximum Gasteiger partial charge on any atom is 0.266 e. The summed E-state index contributed by atoms with van der Waals surface area (Å²) in [6.45, 7) is 1.76. The molecule has 0 atom stereocenters. The monoisotopic (exact) mass is 320 g/mol. The van der Waals surface area contributed by atoms with Crippen molar-refractivity contribution in [3.05, 3.63) is 82.0 Å². The van der Waals surface area contributed by atoms with Gasteiger partial charge in [0.1, 0.15) is 28.9 Å². The fourth-order valence-electron chi connectivity index (χ4n) is 2.40. The van der Waals surface area contributed by atoms with Gasteiger partial charge in [0.15, 0.2) is 0 Å². The van der Waals surface area contributed by atoms with Crippen molar-refractivity contribution in [2.24, 2.45) is 0 Å². The highest BCUT2D eigenvalue weighted by Crippen LogP contribution is 2.27. The molecular weight excluding hydrogens is 307 g/mol. The predicted molar refractivity (Wildman–Crippen MR) is 88.4 cm³/mol. The van der Waals surface area contributed by atoms with Crippen molar-refractivity contribution in [2.45, 2.75) is 6.92 Å². The van der Waals surface area contributed by atoms with Crippen molar-refractivity contribution in [3.63, 3.8) is 0 Å². The van der Waals surface area contributed by atoms with Gasteiger partial charge >= 0.3 is 0 Å². The Balaban J connectivity index is 1.93. The summed E-state index contributed by atoms with van der Waals surface area (Å²) in [4.78, 5) is 14.5. The summed E-state index contributed by atoms with van der Waals surface area (Å²) in [5.74, 6) is 0.554. The summed E-state index contributed by atoms with van der Waals surface area (Å²) in [5, 5.41) is 9.20. The van der Waals surface area contributed by atoms with Gasteiger partial charge in [-0.2, -0.15) is 5.26 Å². The molecule has 0 saturated carbocycles. The molecule has 3 rings (SSSR count). The minimum absolute atomic E-state index is 0.0689. The maximum absolute atomic E-state index is 13.2. The fraction of sp³-hybridized carbons (Fsp3) is 0.0526. The average Bonchev–Trinajstić information content (AvgIpc) is 2.55. The van der Waals surface area contributed by atoms with Gasteiger partial charge in [0, 0.05) is 17.3 Å². The Bertz CT molecular complexity index is 985. The number of H-pyrrole nitrogens is 1. The fourth-order valence-corrected chi connectivity index (χ4v) is 2.40. The molecule has 24 heavy (non-hydrogen) atoms. The van der Waals surface area contributed by atoms with Gasteiger partial charge in [0.25, 0.3) is 5.56 Å². The highest BCUT2D eigenvalue weighted by Gasteiger charge is 2.10. The minimum atomic E-state index is -0.410. The van der Waals surface area contributed by atoms with Crippen molar-refractivity contribution in [2.75, 3.05) is 0 Å². The number of nitrogens with one attached hydrogen (secondary N) is 1. The molecule has 0 bridgehead atoms. The van der Waals surface area contributed by atoms with Crippen LogP contribution in [0.3, 0.4) is 0 Å². The first-order chi connectivity index (χ1) is 11.6. The number of aromatic nitrogens is 1. The lowest BCUT2D eigenvalue weighted by atomic mass is 10.0. The lowest BCUT2D eigenvalue weighted by Crippen LogP contribution is -2.12. The van der Waals surface area contributed by atoms with E-state index in [2.05, 4.69) is 4.98 Å². The van der Waals surface area contributed by atoms with Crippen LogP contribution < -0.4 is 10.3 Å². The largest absolute Gasteiger partial charge is 0.457 e. The first-order valence-electron chi connectivity index (χ1n) is 7.25. The van der Waals surface area contributed by atoms with E-state index in [-0.39, 0.29) is 11.4 Å². The first kappa shape index (κ1) is 15.5. The number of ether oxygens (including phenoxy) is 1. The summed E-state index contributed by atoms with van der Waals surface area (Å²) in [5.41, 5.74) is 1.63. The normalized spacial score (nSPS) is 10.2. The lowest BCUT2D eigenvalue weighted by molar-refractivity contribution is 0.477. The van der Waals surface area contributed by atoms with E-state index >= 15 is 0 Å². The molecule has 1 N–H and O–H groups in total. The predicted octanol–water partition coefficient (Wildman–Crippen LogP) is 4.15. The molecule has 0 unspecified atom stereocenters. The van der Waals surface area contributed by atoms with E-state index in [1.165, 1.54) is 12.1 Å². The summed E-state index contributed by atoms with van der Waals surface area (Å²) in [7, 11) is 0. The van der Waals surface area contributed by atoms with Crippen molar-refractivity contribution in [3.8, 4) is 28.7 Å². The van der Waals surface area contributed by atoms with Crippen LogP contribution in [0.5, 0.6) is 11.5 Å². The van der Waals surface area contributed by atoms with Crippen molar-refractivity contribution >= 4 is 0 Å². The highest BCUT2D eigenvalue weighted by molar-refractivity contribution is 5.70. The third-order valence-corrected chi connectivity index (χ3v) is 3.48. The molecule has 0 amide bonds. The van der Waals surface area contributed by atoms with Crippen LogP contribution in [0.4, 0.5) is 4.39 Å². The van der Waals surface area contributed by atoms with Gasteiger partial charge in [-0.25, -0.2) is 4.39 Å². The average molecular weight is 320 g/mol. The van der Waals surface area contributed by atoms with Crippen LogP contribution in [0, 0.1) is 24.1 Å². The van der Waals surface area contributed by atoms with Crippen molar-refractivity contribution < 1.29 is 9.13 Å². The zero-order valence-corrected chi connectivity index (χ0v) is 12.8. The number of aryl methyl sites for hydroxylation is 1. The standard InChI is InChI=1S/C19H13FN2O2/c1-12-9-17(18(11-21)19(23)22-12)13-5-7-15(8-6-13)24-16-4-2-3-14(20)10-16/h2-10H,1H3,(H,22,23). The molecule has 2 aromatic carbocycles. The summed E-state index contributed by atoms with van der Waals surface area (Å²) < 4.78 is 18.8. The van der Waals surface area contributed by atoms with Gasteiger partial charge in [-0.1, -0.05) is 18.2 Å². The Hall–Kier alpha value is -3.39. The van der Waals surface area contributed by atoms with Crippen molar-refractivity contribution in [1.82, 2.24) is 4.98 Å². The van der Waals surface area contributed by atoms with E-state index < -0.39 is 5.56 Å². The first-order valence-corrected chi connectivity index (χ1v) is 7.25. The van der Waals surface area contributed by atoms with Gasteiger partial charge in [-0.05, 0) is 42.8 Å². The van der Waals surface area contributed by atoms with Gasteiger partial charge in [-0.3, -0.25) is 4.79 Å². The maximum atomic E-state index is 13.2. The molecular formula is C19H13FN2O2. The second-order valence-corrected chi connectivity index (χ2v) is 5.27. The number of halogens is 1. The molecule has 0 fully saturated rings. The zero-order chi connectivity index (χ0) is 17.1.